The van der Waals surface area contributed by atoms with E-state index in [9.17, 15) is 19.9 Å². The second kappa shape index (κ2) is 16.2. The SMILES string of the molecule is O=C(CCCCCCC(=O)Nc1ccc([C@@H]2O[C@H](CSc3cccc[n+]3[O-])C[C@H](c3ccc(CO)cc3)O2)cc1)NO. The van der Waals surface area contributed by atoms with Crippen molar-refractivity contribution in [2.75, 3.05) is 11.1 Å². The first-order valence-corrected chi connectivity index (χ1v) is 15.1. The van der Waals surface area contributed by atoms with E-state index in [1.807, 2.05) is 54.6 Å². The van der Waals surface area contributed by atoms with Gasteiger partial charge in [-0.25, -0.2) is 5.48 Å². The lowest BCUT2D eigenvalue weighted by Crippen LogP contribution is -2.32. The van der Waals surface area contributed by atoms with Gasteiger partial charge in [-0.15, -0.1) is 0 Å². The second-order valence-electron chi connectivity index (χ2n) is 10.1. The van der Waals surface area contributed by atoms with Crippen molar-refractivity contribution < 1.29 is 34.1 Å². The number of aliphatic hydroxyl groups is 1. The molecule has 0 aliphatic carbocycles. The fraction of sp³-hybridized carbons (Fsp3) is 0.387. The van der Waals surface area contributed by atoms with Gasteiger partial charge >= 0.3 is 0 Å². The predicted octanol–water partition coefficient (Wildman–Crippen LogP) is 4.93. The average Bonchev–Trinajstić information content (AvgIpc) is 3.02. The van der Waals surface area contributed by atoms with E-state index in [1.54, 1.807) is 17.6 Å². The molecule has 1 saturated heterocycles. The zero-order valence-electron chi connectivity index (χ0n) is 23.3. The number of ether oxygens (including phenoxy) is 2. The Morgan fingerprint density at radius 1 is 0.905 bits per heavy atom. The third-order valence-corrected chi connectivity index (χ3v) is 8.12. The van der Waals surface area contributed by atoms with Crippen molar-refractivity contribution in [3.05, 3.63) is 94.8 Å². The van der Waals surface area contributed by atoms with E-state index >= 15 is 0 Å². The van der Waals surface area contributed by atoms with Gasteiger partial charge in [0.2, 0.25) is 11.8 Å². The highest BCUT2D eigenvalue weighted by Crippen LogP contribution is 2.39. The van der Waals surface area contributed by atoms with Crippen LogP contribution in [-0.2, 0) is 25.7 Å². The number of hydrogen-bond acceptors (Lipinski definition) is 8. The number of pyridine rings is 1. The number of hydrogen-bond donors (Lipinski definition) is 4. The summed E-state index contributed by atoms with van der Waals surface area (Å²) in [5.41, 5.74) is 4.90. The Labute approximate surface area is 249 Å². The van der Waals surface area contributed by atoms with Crippen molar-refractivity contribution >= 4 is 29.3 Å². The van der Waals surface area contributed by atoms with Crippen LogP contribution in [0.1, 0.15) is 74.0 Å². The first kappa shape index (κ1) is 31.5. The zero-order chi connectivity index (χ0) is 29.7. The highest BCUT2D eigenvalue weighted by molar-refractivity contribution is 7.99. The number of unbranched alkanes of at least 4 members (excludes halogenated alkanes) is 3. The van der Waals surface area contributed by atoms with Crippen molar-refractivity contribution in [2.24, 2.45) is 0 Å². The van der Waals surface area contributed by atoms with Gasteiger partial charge < -0.3 is 25.1 Å². The highest BCUT2D eigenvalue weighted by atomic mass is 32.2. The van der Waals surface area contributed by atoms with Gasteiger partial charge in [0, 0.05) is 48.4 Å². The summed E-state index contributed by atoms with van der Waals surface area (Å²) < 4.78 is 13.6. The monoisotopic (exact) mass is 595 g/mol. The molecule has 0 saturated carbocycles. The molecule has 224 valence electrons. The molecular formula is C31H37N3O7S. The van der Waals surface area contributed by atoms with Gasteiger partial charge in [-0.05, 0) is 42.2 Å². The summed E-state index contributed by atoms with van der Waals surface area (Å²) in [4.78, 5) is 23.4. The third-order valence-electron chi connectivity index (χ3n) is 6.97. The number of carbonyl (C=O) groups is 2. The maximum atomic E-state index is 12.4. The summed E-state index contributed by atoms with van der Waals surface area (Å²) in [6.45, 7) is -0.0303. The van der Waals surface area contributed by atoms with E-state index in [-0.39, 0.29) is 31.1 Å². The Morgan fingerprint density at radius 3 is 2.26 bits per heavy atom. The van der Waals surface area contributed by atoms with Crippen LogP contribution in [0.15, 0.2) is 78.0 Å². The molecule has 0 unspecified atom stereocenters. The van der Waals surface area contributed by atoms with Crippen LogP contribution < -0.4 is 15.5 Å². The number of carbonyl (C=O) groups excluding carboxylic acids is 2. The van der Waals surface area contributed by atoms with Gasteiger partial charge in [-0.3, -0.25) is 14.8 Å². The molecular weight excluding hydrogens is 558 g/mol. The average molecular weight is 596 g/mol. The van der Waals surface area contributed by atoms with E-state index in [0.717, 1.165) is 34.3 Å². The molecule has 3 aromatic rings. The van der Waals surface area contributed by atoms with Gasteiger partial charge in [0.15, 0.2) is 12.5 Å². The molecule has 2 aromatic carbocycles. The summed E-state index contributed by atoms with van der Waals surface area (Å²) in [7, 11) is 0. The number of amides is 2. The van der Waals surface area contributed by atoms with E-state index in [1.165, 1.54) is 18.0 Å². The predicted molar refractivity (Wildman–Crippen MR) is 157 cm³/mol. The largest absolute Gasteiger partial charge is 0.618 e. The molecule has 11 heteroatoms. The molecule has 2 amide bonds. The number of nitrogens with one attached hydrogen (secondary N) is 2. The van der Waals surface area contributed by atoms with Crippen LogP contribution in [0.3, 0.4) is 0 Å². The number of aliphatic hydroxyl groups excluding tert-OH is 1. The van der Waals surface area contributed by atoms with Crippen LogP contribution in [0, 0.1) is 5.21 Å². The van der Waals surface area contributed by atoms with E-state index in [2.05, 4.69) is 5.32 Å². The topological polar surface area (TPSA) is 144 Å². The van der Waals surface area contributed by atoms with Gasteiger partial charge in [-0.1, -0.05) is 61.0 Å². The fourth-order valence-electron chi connectivity index (χ4n) is 4.65. The van der Waals surface area contributed by atoms with Crippen molar-refractivity contribution in [3.8, 4) is 0 Å². The molecule has 42 heavy (non-hydrogen) atoms. The summed E-state index contributed by atoms with van der Waals surface area (Å²) in [5, 5.41) is 33.6. The summed E-state index contributed by atoms with van der Waals surface area (Å²) in [6, 6.07) is 20.4. The molecule has 4 N–H and O–H groups in total. The Bertz CT molecular complexity index is 1290. The van der Waals surface area contributed by atoms with Gasteiger partial charge in [0.05, 0.1) is 18.8 Å². The molecule has 1 aliphatic heterocycles. The lowest BCUT2D eigenvalue weighted by molar-refractivity contribution is -0.645. The van der Waals surface area contributed by atoms with Crippen LogP contribution in [0.4, 0.5) is 5.69 Å². The van der Waals surface area contributed by atoms with Crippen LogP contribution in [0.5, 0.6) is 0 Å². The van der Waals surface area contributed by atoms with Crippen LogP contribution in [-0.4, -0.2) is 34.0 Å². The molecule has 0 radical (unpaired) electrons. The van der Waals surface area contributed by atoms with Gasteiger partial charge in [0.1, 0.15) is 0 Å². The summed E-state index contributed by atoms with van der Waals surface area (Å²) in [5.74, 6) is 0.0899. The number of nitrogens with zero attached hydrogens (tertiary/aromatic N) is 1. The molecule has 3 atom stereocenters. The second-order valence-corrected chi connectivity index (χ2v) is 11.2. The fourth-order valence-corrected chi connectivity index (χ4v) is 5.59. The van der Waals surface area contributed by atoms with Crippen LogP contribution in [0.2, 0.25) is 0 Å². The lowest BCUT2D eigenvalue weighted by Gasteiger charge is -2.36. The van der Waals surface area contributed by atoms with Crippen LogP contribution in [0.25, 0.3) is 0 Å². The molecule has 1 aliphatic rings. The maximum Gasteiger partial charge on any atom is 0.251 e. The minimum Gasteiger partial charge on any atom is -0.618 e. The molecule has 0 bridgehead atoms. The quantitative estimate of drug-likeness (QED) is 0.0513. The van der Waals surface area contributed by atoms with Crippen molar-refractivity contribution in [3.63, 3.8) is 0 Å². The first-order valence-electron chi connectivity index (χ1n) is 14.1. The first-order chi connectivity index (χ1) is 20.4. The molecule has 1 fully saturated rings. The minimum absolute atomic E-state index is 0.0303. The number of benzene rings is 2. The highest BCUT2D eigenvalue weighted by Gasteiger charge is 2.32. The van der Waals surface area contributed by atoms with Crippen molar-refractivity contribution in [1.82, 2.24) is 5.48 Å². The van der Waals surface area contributed by atoms with Crippen molar-refractivity contribution in [1.29, 1.82) is 0 Å². The molecule has 4 rings (SSSR count). The Hall–Kier alpha value is -3.48. The van der Waals surface area contributed by atoms with E-state index in [0.29, 0.717) is 42.1 Å². The molecule has 1 aromatic heterocycles. The Kier molecular flexibility index (Phi) is 12.2. The number of thioether (sulfide) groups is 1. The smallest absolute Gasteiger partial charge is 0.251 e. The van der Waals surface area contributed by atoms with Gasteiger partial charge in [-0.2, -0.15) is 4.73 Å². The lowest BCUT2D eigenvalue weighted by atomic mass is 10.0. The summed E-state index contributed by atoms with van der Waals surface area (Å²) in [6.07, 6.45) is 4.68. The molecule has 0 spiro atoms. The standard InChI is InChI=1S/C31H37N3O7S/c35-20-22-10-12-23(13-11-22)27-19-26(21-42-30-9-5-6-18-34(30)39)40-31(41-27)24-14-16-25(17-15-24)32-28(36)7-3-1-2-4-8-29(37)33-38/h5-6,9-18,26-27,31,35,38H,1-4,7-8,19-21H2,(H,32,36)(H,33,37)/t26-,27+,31+/m0/s1. The van der Waals surface area contributed by atoms with Gasteiger partial charge in [0.25, 0.3) is 5.03 Å². The number of aromatic nitrogens is 1. The number of rotatable bonds is 14. The number of hydroxylamine groups is 1. The zero-order valence-corrected chi connectivity index (χ0v) is 24.1. The maximum absolute atomic E-state index is 12.4. The summed E-state index contributed by atoms with van der Waals surface area (Å²) >= 11 is 1.44. The van der Waals surface area contributed by atoms with Crippen LogP contribution >= 0.6 is 11.8 Å². The third kappa shape index (κ3) is 9.53. The Morgan fingerprint density at radius 2 is 1.60 bits per heavy atom. The van der Waals surface area contributed by atoms with Crippen molar-refractivity contribution in [2.45, 2.75) is 75.1 Å². The van der Waals surface area contributed by atoms with E-state index in [4.69, 9.17) is 14.7 Å². The minimum atomic E-state index is -0.639. The Balaban J connectivity index is 1.35. The number of anilines is 1. The normalized spacial score (nSPS) is 18.4. The molecule has 2 heterocycles. The van der Waals surface area contributed by atoms with E-state index < -0.39 is 12.2 Å². The molecule has 10 nitrogen and oxygen atoms in total.